The van der Waals surface area contributed by atoms with Crippen molar-refractivity contribution >= 4 is 34.5 Å². The topological polar surface area (TPSA) is 102 Å². The van der Waals surface area contributed by atoms with Crippen molar-refractivity contribution in [1.82, 2.24) is 14.6 Å². The molecule has 4 rings (SSSR count). The summed E-state index contributed by atoms with van der Waals surface area (Å²) in [5.41, 5.74) is -0.0697. The number of nitro benzene ring substituents is 1. The van der Waals surface area contributed by atoms with Crippen LogP contribution >= 0.6 is 11.6 Å². The number of halogens is 3. The first-order valence-electron chi connectivity index (χ1n) is 8.27. The summed E-state index contributed by atoms with van der Waals surface area (Å²) in [6, 6.07) is 6.17. The minimum atomic E-state index is -2.79. The molecule has 0 spiro atoms. The minimum Gasteiger partial charge on any atom is -0.319 e. The second kappa shape index (κ2) is 6.79. The van der Waals surface area contributed by atoms with Crippen LogP contribution < -0.4 is 5.32 Å². The third kappa shape index (κ3) is 3.38. The number of nitrogens with one attached hydrogen (secondary N) is 1. The molecular formula is C17H12ClF2N5O3. The third-order valence-electron chi connectivity index (χ3n) is 4.34. The van der Waals surface area contributed by atoms with Crippen LogP contribution in [0.2, 0.25) is 5.02 Å². The number of hydrogen-bond acceptors (Lipinski definition) is 5. The van der Waals surface area contributed by atoms with Crippen LogP contribution in [-0.4, -0.2) is 25.4 Å². The first kappa shape index (κ1) is 18.2. The lowest BCUT2D eigenvalue weighted by Gasteiger charge is -2.06. The first-order valence-corrected chi connectivity index (χ1v) is 8.65. The van der Waals surface area contributed by atoms with Crippen molar-refractivity contribution in [1.29, 1.82) is 0 Å². The van der Waals surface area contributed by atoms with Gasteiger partial charge in [0.25, 0.3) is 18.0 Å². The Morgan fingerprint density at radius 1 is 1.32 bits per heavy atom. The maximum Gasteiger partial charge on any atom is 0.280 e. The highest BCUT2D eigenvalue weighted by molar-refractivity contribution is 6.34. The summed E-state index contributed by atoms with van der Waals surface area (Å²) in [5.74, 6) is -0.598. The van der Waals surface area contributed by atoms with E-state index in [1.807, 2.05) is 0 Å². The van der Waals surface area contributed by atoms with Crippen LogP contribution in [0.1, 0.15) is 47.1 Å². The molecule has 1 fully saturated rings. The lowest BCUT2D eigenvalue weighted by atomic mass is 10.2. The number of alkyl halides is 2. The molecule has 3 aromatic rings. The van der Waals surface area contributed by atoms with Crippen molar-refractivity contribution in [2.24, 2.45) is 0 Å². The summed E-state index contributed by atoms with van der Waals surface area (Å²) in [5, 5.41) is 17.3. The van der Waals surface area contributed by atoms with Gasteiger partial charge >= 0.3 is 0 Å². The van der Waals surface area contributed by atoms with E-state index in [1.54, 1.807) is 0 Å². The molecule has 8 nitrogen and oxygen atoms in total. The van der Waals surface area contributed by atoms with Gasteiger partial charge in [0.15, 0.2) is 11.3 Å². The first-order chi connectivity index (χ1) is 13.3. The average molecular weight is 408 g/mol. The van der Waals surface area contributed by atoms with E-state index in [2.05, 4.69) is 15.4 Å². The zero-order valence-corrected chi connectivity index (χ0v) is 14.9. The van der Waals surface area contributed by atoms with Crippen LogP contribution in [0.3, 0.4) is 0 Å². The molecule has 1 amide bonds. The van der Waals surface area contributed by atoms with Gasteiger partial charge in [-0.3, -0.25) is 14.9 Å². The SMILES string of the molecule is O=C(Nc1cc([N+](=O)[O-])ccc1Cl)c1cc2nc(C3CC3)cc(C(F)F)n2n1. The molecule has 1 N–H and O–H groups in total. The standard InChI is InChI=1S/C17H12ClF2N5O3/c18-10-4-3-9(25(27)28)5-12(10)22-17(26)13-7-15-21-11(8-1-2-8)6-14(16(19)20)24(15)23-13/h3-8,16H,1-2H2,(H,22,26). The number of fused-ring (bicyclic) bond motifs is 1. The Bertz CT molecular complexity index is 1110. The second-order valence-corrected chi connectivity index (χ2v) is 6.76. The van der Waals surface area contributed by atoms with Gasteiger partial charge in [-0.1, -0.05) is 11.6 Å². The Kier molecular flexibility index (Phi) is 4.42. The van der Waals surface area contributed by atoms with Gasteiger partial charge in [-0.25, -0.2) is 18.3 Å². The molecule has 1 aliphatic rings. The van der Waals surface area contributed by atoms with Crippen LogP contribution in [0.4, 0.5) is 20.2 Å². The van der Waals surface area contributed by atoms with Gasteiger partial charge in [0, 0.05) is 29.8 Å². The summed E-state index contributed by atoms with van der Waals surface area (Å²) in [6.07, 6.45) is -1.01. The van der Waals surface area contributed by atoms with Gasteiger partial charge in [0.05, 0.1) is 15.6 Å². The Balaban J connectivity index is 1.69. The molecule has 2 heterocycles. The number of aromatic nitrogens is 3. The predicted molar refractivity (Wildman–Crippen MR) is 96.0 cm³/mol. The number of carbonyl (C=O) groups is 1. The molecule has 0 atom stereocenters. The van der Waals surface area contributed by atoms with Crippen LogP contribution in [-0.2, 0) is 0 Å². The zero-order valence-electron chi connectivity index (χ0n) is 14.1. The fraction of sp³-hybridized carbons (Fsp3) is 0.235. The molecule has 0 aliphatic heterocycles. The fourth-order valence-corrected chi connectivity index (χ4v) is 2.95. The van der Waals surface area contributed by atoms with Crippen LogP contribution in [0.5, 0.6) is 0 Å². The second-order valence-electron chi connectivity index (χ2n) is 6.36. The molecule has 11 heteroatoms. The molecule has 1 aliphatic carbocycles. The van der Waals surface area contributed by atoms with Gasteiger partial charge in [0.1, 0.15) is 5.69 Å². The van der Waals surface area contributed by atoms with E-state index < -0.39 is 17.3 Å². The number of benzene rings is 1. The molecule has 1 saturated carbocycles. The molecule has 2 aromatic heterocycles. The lowest BCUT2D eigenvalue weighted by Crippen LogP contribution is -2.13. The number of nitro groups is 1. The van der Waals surface area contributed by atoms with E-state index >= 15 is 0 Å². The molecule has 28 heavy (non-hydrogen) atoms. The van der Waals surface area contributed by atoms with Gasteiger partial charge < -0.3 is 5.32 Å². The highest BCUT2D eigenvalue weighted by atomic mass is 35.5. The molecule has 0 saturated heterocycles. The molecular weight excluding hydrogens is 396 g/mol. The fourth-order valence-electron chi connectivity index (χ4n) is 2.78. The van der Waals surface area contributed by atoms with Gasteiger partial charge in [-0.05, 0) is 25.0 Å². The van der Waals surface area contributed by atoms with Gasteiger partial charge in [-0.2, -0.15) is 5.10 Å². The van der Waals surface area contributed by atoms with Crippen LogP contribution in [0.15, 0.2) is 30.3 Å². The number of nitrogens with zero attached hydrogens (tertiary/aromatic N) is 4. The lowest BCUT2D eigenvalue weighted by molar-refractivity contribution is -0.384. The average Bonchev–Trinajstić information content (AvgIpc) is 3.40. The van der Waals surface area contributed by atoms with E-state index in [4.69, 9.17) is 11.6 Å². The molecule has 0 radical (unpaired) electrons. The van der Waals surface area contributed by atoms with E-state index in [0.717, 1.165) is 23.4 Å². The van der Waals surface area contributed by atoms with Crippen LogP contribution in [0, 0.1) is 10.1 Å². The summed E-state index contributed by atoms with van der Waals surface area (Å²) in [7, 11) is 0. The van der Waals surface area contributed by atoms with E-state index in [0.29, 0.717) is 5.69 Å². The van der Waals surface area contributed by atoms with Gasteiger partial charge in [-0.15, -0.1) is 0 Å². The van der Waals surface area contributed by atoms with E-state index in [1.165, 1.54) is 24.3 Å². The van der Waals surface area contributed by atoms with Crippen molar-refractivity contribution in [3.8, 4) is 0 Å². The summed E-state index contributed by atoms with van der Waals surface area (Å²) in [4.78, 5) is 27.1. The number of anilines is 1. The molecule has 0 unspecified atom stereocenters. The number of non-ortho nitro benzene ring substituents is 1. The summed E-state index contributed by atoms with van der Waals surface area (Å²) in [6.45, 7) is 0. The Morgan fingerprint density at radius 3 is 2.71 bits per heavy atom. The number of carbonyl (C=O) groups excluding carboxylic acids is 1. The predicted octanol–water partition coefficient (Wildman–Crippen LogP) is 4.36. The highest BCUT2D eigenvalue weighted by Crippen LogP contribution is 2.40. The number of amides is 1. The Labute approximate surface area is 161 Å². The van der Waals surface area contributed by atoms with Gasteiger partial charge in [0.2, 0.25) is 0 Å². The maximum atomic E-state index is 13.4. The van der Waals surface area contributed by atoms with Crippen molar-refractivity contribution in [2.75, 3.05) is 5.32 Å². The molecule has 0 bridgehead atoms. The van der Waals surface area contributed by atoms with E-state index in [9.17, 15) is 23.7 Å². The third-order valence-corrected chi connectivity index (χ3v) is 4.66. The van der Waals surface area contributed by atoms with Crippen molar-refractivity contribution in [3.63, 3.8) is 0 Å². The van der Waals surface area contributed by atoms with Crippen molar-refractivity contribution < 1.29 is 18.5 Å². The maximum absolute atomic E-state index is 13.4. The normalized spacial score (nSPS) is 13.9. The Morgan fingerprint density at radius 2 is 2.07 bits per heavy atom. The monoisotopic (exact) mass is 407 g/mol. The molecule has 1 aromatic carbocycles. The summed E-state index contributed by atoms with van der Waals surface area (Å²) < 4.78 is 27.8. The highest BCUT2D eigenvalue weighted by Gasteiger charge is 2.28. The largest absolute Gasteiger partial charge is 0.319 e. The zero-order chi connectivity index (χ0) is 20.0. The number of rotatable bonds is 5. The Hall–Kier alpha value is -3.14. The quantitative estimate of drug-likeness (QED) is 0.500. The summed E-state index contributed by atoms with van der Waals surface area (Å²) >= 11 is 5.97. The smallest absolute Gasteiger partial charge is 0.280 e. The minimum absolute atomic E-state index is 0.0126. The van der Waals surface area contributed by atoms with Crippen molar-refractivity contribution in [2.45, 2.75) is 25.2 Å². The number of hydrogen-bond donors (Lipinski definition) is 1. The molecule has 144 valence electrons. The van der Waals surface area contributed by atoms with Crippen molar-refractivity contribution in [3.05, 3.63) is 62.6 Å². The van der Waals surface area contributed by atoms with Crippen LogP contribution in [0.25, 0.3) is 5.65 Å². The van der Waals surface area contributed by atoms with E-state index in [-0.39, 0.29) is 39.4 Å².